The number of nitrogens with zero attached hydrogens (tertiary/aromatic N) is 1. The van der Waals surface area contributed by atoms with Crippen molar-refractivity contribution in [3.63, 3.8) is 0 Å². The number of non-ortho nitro benzene ring substituents is 1. The van der Waals surface area contributed by atoms with Gasteiger partial charge in [-0.15, -0.1) is 0 Å². The summed E-state index contributed by atoms with van der Waals surface area (Å²) in [5, 5.41) is 10.8. The zero-order chi connectivity index (χ0) is 17.1. The van der Waals surface area contributed by atoms with E-state index >= 15 is 0 Å². The van der Waals surface area contributed by atoms with E-state index in [2.05, 4.69) is 13.8 Å². The summed E-state index contributed by atoms with van der Waals surface area (Å²) in [6, 6.07) is 6.58. The van der Waals surface area contributed by atoms with Gasteiger partial charge in [0.05, 0.1) is 17.1 Å². The highest BCUT2D eigenvalue weighted by Crippen LogP contribution is 2.44. The van der Waals surface area contributed by atoms with Gasteiger partial charge < -0.3 is 9.47 Å². The van der Waals surface area contributed by atoms with Crippen molar-refractivity contribution in [1.82, 2.24) is 0 Å². The quantitative estimate of drug-likeness (QED) is 0.561. The van der Waals surface area contributed by atoms with E-state index in [-0.39, 0.29) is 22.8 Å². The van der Waals surface area contributed by atoms with Gasteiger partial charge in [-0.3, -0.25) is 10.1 Å². The summed E-state index contributed by atoms with van der Waals surface area (Å²) in [6.07, 6.45) is 7.02. The monoisotopic (exact) mass is 333 g/mol. The molecule has 2 fully saturated rings. The number of hydrogen-bond acceptors (Lipinski definition) is 4. The van der Waals surface area contributed by atoms with Crippen molar-refractivity contribution in [3.8, 4) is 0 Å². The lowest BCUT2D eigenvalue weighted by molar-refractivity contribution is -0.384. The van der Waals surface area contributed by atoms with Gasteiger partial charge in [-0.1, -0.05) is 39.5 Å². The molecule has 1 aromatic rings. The van der Waals surface area contributed by atoms with Crippen LogP contribution in [0.5, 0.6) is 0 Å². The summed E-state index contributed by atoms with van der Waals surface area (Å²) < 4.78 is 12.6. The average Bonchev–Trinajstić information content (AvgIpc) is 2.62. The van der Waals surface area contributed by atoms with E-state index in [1.807, 2.05) is 0 Å². The maximum absolute atomic E-state index is 10.8. The Morgan fingerprint density at radius 1 is 1.12 bits per heavy atom. The molecular weight excluding hydrogens is 306 g/mol. The lowest BCUT2D eigenvalue weighted by atomic mass is 9.76. The second-order valence-electron chi connectivity index (χ2n) is 6.98. The highest BCUT2D eigenvalue weighted by Gasteiger charge is 2.43. The van der Waals surface area contributed by atoms with E-state index in [0.717, 1.165) is 24.8 Å². The van der Waals surface area contributed by atoms with Gasteiger partial charge in [0.1, 0.15) is 0 Å². The number of nitro benzene ring substituents is 1. The largest absolute Gasteiger partial charge is 0.345 e. The number of benzene rings is 1. The van der Waals surface area contributed by atoms with Gasteiger partial charge in [-0.05, 0) is 30.9 Å². The van der Waals surface area contributed by atoms with Crippen LogP contribution in [-0.2, 0) is 9.47 Å². The summed E-state index contributed by atoms with van der Waals surface area (Å²) in [5.74, 6) is 1.03. The fourth-order valence-corrected chi connectivity index (χ4v) is 4.23. The van der Waals surface area contributed by atoms with Crippen molar-refractivity contribution in [1.29, 1.82) is 0 Å². The summed E-state index contributed by atoms with van der Waals surface area (Å²) in [7, 11) is 0. The van der Waals surface area contributed by atoms with Crippen LogP contribution in [0.15, 0.2) is 24.3 Å². The zero-order valence-electron chi connectivity index (χ0n) is 14.5. The fourth-order valence-electron chi connectivity index (χ4n) is 4.23. The third-order valence-corrected chi connectivity index (χ3v) is 5.64. The Morgan fingerprint density at radius 3 is 2.42 bits per heavy atom. The molecule has 0 aromatic heterocycles. The van der Waals surface area contributed by atoms with Gasteiger partial charge in [0.2, 0.25) is 0 Å². The first kappa shape index (κ1) is 17.4. The molecular formula is C19H27NO4. The van der Waals surface area contributed by atoms with E-state index in [1.165, 1.54) is 31.4 Å². The van der Waals surface area contributed by atoms with Crippen LogP contribution >= 0.6 is 0 Å². The molecule has 0 radical (unpaired) electrons. The molecule has 0 N–H and O–H groups in total. The minimum Gasteiger partial charge on any atom is -0.345 e. The maximum atomic E-state index is 10.8. The third kappa shape index (κ3) is 3.47. The first-order chi connectivity index (χ1) is 11.6. The van der Waals surface area contributed by atoms with E-state index in [9.17, 15) is 10.1 Å². The summed E-state index contributed by atoms with van der Waals surface area (Å²) in [6.45, 7) is 4.46. The lowest BCUT2D eigenvalue weighted by Gasteiger charge is -2.47. The Labute approximate surface area is 143 Å². The third-order valence-electron chi connectivity index (χ3n) is 5.64. The smallest absolute Gasteiger partial charge is 0.269 e. The lowest BCUT2D eigenvalue weighted by Crippen LogP contribution is -2.47. The molecule has 1 saturated heterocycles. The van der Waals surface area contributed by atoms with Crippen LogP contribution in [0.2, 0.25) is 0 Å². The number of rotatable bonds is 5. The predicted octanol–water partition coefficient (Wildman–Crippen LogP) is 5.00. The molecule has 1 aromatic carbocycles. The number of fused-ring (bicyclic) bond motifs is 1. The van der Waals surface area contributed by atoms with Gasteiger partial charge in [-0.25, -0.2) is 0 Å². The Morgan fingerprint density at radius 2 is 1.79 bits per heavy atom. The molecule has 132 valence electrons. The minimum absolute atomic E-state index is 0.0987. The molecule has 1 saturated carbocycles. The molecule has 1 heterocycles. The van der Waals surface area contributed by atoms with Crippen LogP contribution in [0.1, 0.15) is 64.2 Å². The number of ether oxygens (including phenoxy) is 2. The van der Waals surface area contributed by atoms with E-state index in [0.29, 0.717) is 11.8 Å². The molecule has 0 amide bonds. The Hall–Kier alpha value is -1.46. The maximum Gasteiger partial charge on any atom is 0.269 e. The van der Waals surface area contributed by atoms with Crippen LogP contribution in [0.4, 0.5) is 5.69 Å². The van der Waals surface area contributed by atoms with E-state index in [4.69, 9.17) is 9.47 Å². The molecule has 24 heavy (non-hydrogen) atoms. The molecule has 0 bridgehead atoms. The van der Waals surface area contributed by atoms with Crippen LogP contribution in [0.3, 0.4) is 0 Å². The minimum atomic E-state index is -0.407. The average molecular weight is 333 g/mol. The fraction of sp³-hybridized carbons (Fsp3) is 0.684. The van der Waals surface area contributed by atoms with Gasteiger partial charge in [0.25, 0.3) is 5.69 Å². The normalized spacial score (nSPS) is 30.1. The Bertz CT molecular complexity index is 555. The molecule has 2 aliphatic rings. The predicted molar refractivity (Wildman–Crippen MR) is 91.6 cm³/mol. The van der Waals surface area contributed by atoms with Gasteiger partial charge in [0.15, 0.2) is 6.29 Å². The van der Waals surface area contributed by atoms with E-state index < -0.39 is 6.29 Å². The molecule has 3 rings (SSSR count). The highest BCUT2D eigenvalue weighted by molar-refractivity contribution is 5.33. The van der Waals surface area contributed by atoms with Crippen molar-refractivity contribution in [3.05, 3.63) is 39.9 Å². The van der Waals surface area contributed by atoms with Crippen molar-refractivity contribution in [2.24, 2.45) is 11.8 Å². The molecule has 1 aliphatic heterocycles. The van der Waals surface area contributed by atoms with Crippen molar-refractivity contribution < 1.29 is 14.4 Å². The van der Waals surface area contributed by atoms with Crippen LogP contribution < -0.4 is 0 Å². The second kappa shape index (κ2) is 7.62. The molecule has 1 aliphatic carbocycles. The van der Waals surface area contributed by atoms with Gasteiger partial charge in [0, 0.05) is 23.6 Å². The van der Waals surface area contributed by atoms with Crippen LogP contribution in [0.25, 0.3) is 0 Å². The number of nitro groups is 1. The van der Waals surface area contributed by atoms with Gasteiger partial charge in [-0.2, -0.15) is 0 Å². The number of hydrogen-bond donors (Lipinski definition) is 0. The van der Waals surface area contributed by atoms with Crippen molar-refractivity contribution >= 4 is 5.69 Å². The van der Waals surface area contributed by atoms with Gasteiger partial charge >= 0.3 is 0 Å². The SMILES string of the molecule is CCC(CC)[C@H]1O[C@H](c2ccc([N+](=O)[O-])cc2)O[C@@H]2CCCC[C@H]12. The molecule has 0 unspecified atom stereocenters. The Kier molecular flexibility index (Phi) is 5.51. The Balaban J connectivity index is 1.82. The first-order valence-electron chi connectivity index (χ1n) is 9.19. The van der Waals surface area contributed by atoms with Crippen LogP contribution in [-0.4, -0.2) is 17.1 Å². The van der Waals surface area contributed by atoms with Crippen molar-refractivity contribution in [2.75, 3.05) is 0 Å². The zero-order valence-corrected chi connectivity index (χ0v) is 14.5. The standard InChI is InChI=1S/C19H27NO4/c1-3-13(4-2)18-16-7-5-6-8-17(16)23-19(24-18)14-9-11-15(12-10-14)20(21)22/h9-13,16-19H,3-8H2,1-2H3/t16-,17+,18+,19+/m0/s1. The highest BCUT2D eigenvalue weighted by atomic mass is 16.7. The summed E-state index contributed by atoms with van der Waals surface area (Å²) in [4.78, 5) is 10.5. The van der Waals surface area contributed by atoms with Crippen LogP contribution in [0, 0.1) is 22.0 Å². The summed E-state index contributed by atoms with van der Waals surface area (Å²) in [5.41, 5.74) is 0.974. The second-order valence-corrected chi connectivity index (χ2v) is 6.98. The summed E-state index contributed by atoms with van der Waals surface area (Å²) >= 11 is 0. The van der Waals surface area contributed by atoms with E-state index in [1.54, 1.807) is 12.1 Å². The topological polar surface area (TPSA) is 61.6 Å². The molecule has 4 atom stereocenters. The first-order valence-corrected chi connectivity index (χ1v) is 9.19. The molecule has 5 nitrogen and oxygen atoms in total. The molecule has 5 heteroatoms. The molecule has 0 spiro atoms. The van der Waals surface area contributed by atoms with Crippen molar-refractivity contribution in [2.45, 2.75) is 70.9 Å².